The number of nitrogens with one attached hydrogen (secondary N) is 1. The molecule has 0 atom stereocenters. The highest BCUT2D eigenvalue weighted by atomic mass is 35.5. The van der Waals surface area contributed by atoms with Crippen LogP contribution >= 0.6 is 11.6 Å². The molecule has 0 unspecified atom stereocenters. The van der Waals surface area contributed by atoms with Gasteiger partial charge in [0, 0.05) is 12.1 Å². The summed E-state index contributed by atoms with van der Waals surface area (Å²) in [6, 6.07) is 3.13. The van der Waals surface area contributed by atoms with E-state index in [4.69, 9.17) is 16.3 Å². The Morgan fingerprint density at radius 1 is 1.21 bits per heavy atom. The summed E-state index contributed by atoms with van der Waals surface area (Å²) in [5.41, 5.74) is -2.73. The number of nitro groups is 1. The first-order valence-electron chi connectivity index (χ1n) is 7.36. The molecule has 0 heterocycles. The van der Waals surface area contributed by atoms with Gasteiger partial charge < -0.3 is 9.47 Å². The Bertz CT molecular complexity index is 973. The predicted octanol–water partition coefficient (Wildman–Crippen LogP) is 4.69. The minimum Gasteiger partial charge on any atom is -0.453 e. The van der Waals surface area contributed by atoms with Crippen molar-refractivity contribution in [3.05, 3.63) is 62.4 Å². The summed E-state index contributed by atoms with van der Waals surface area (Å²) >= 11 is 5.65. The van der Waals surface area contributed by atoms with E-state index in [0.717, 1.165) is 25.3 Å². The van der Waals surface area contributed by atoms with Crippen molar-refractivity contribution in [3.8, 4) is 11.5 Å². The molecule has 154 valence electrons. The van der Waals surface area contributed by atoms with Crippen LogP contribution in [0.5, 0.6) is 11.5 Å². The Morgan fingerprint density at radius 2 is 1.86 bits per heavy atom. The lowest BCUT2D eigenvalue weighted by atomic mass is 10.1. The third kappa shape index (κ3) is 5.10. The van der Waals surface area contributed by atoms with Crippen molar-refractivity contribution >= 4 is 29.3 Å². The number of amides is 2. The number of carbonyl (C=O) groups is 2. The molecule has 0 radical (unpaired) electrons. The standard InChI is InChI=1S/C16H9ClF4N2O6/c1-28-15(25)22-14(24)9-6-8(2-3-12(9)23(26)27)29-13-10(17)4-7(5-11(13)18)16(19,20)21/h2-6H,1H3,(H,22,24,25). The number of nitro benzene ring substituents is 1. The fourth-order valence-electron chi connectivity index (χ4n) is 2.07. The Kier molecular flexibility index (Phi) is 6.27. The number of nitrogens with zero attached hydrogens (tertiary/aromatic N) is 1. The van der Waals surface area contributed by atoms with Gasteiger partial charge in [-0.25, -0.2) is 9.18 Å². The summed E-state index contributed by atoms with van der Waals surface area (Å²) in [6.45, 7) is 0. The molecule has 0 aliphatic heterocycles. The molecular weight excluding hydrogens is 428 g/mol. The maximum absolute atomic E-state index is 14.1. The van der Waals surface area contributed by atoms with E-state index in [-0.39, 0.29) is 11.8 Å². The van der Waals surface area contributed by atoms with Crippen LogP contribution in [-0.2, 0) is 10.9 Å². The molecule has 13 heteroatoms. The van der Waals surface area contributed by atoms with Gasteiger partial charge in [-0.15, -0.1) is 0 Å². The van der Waals surface area contributed by atoms with Gasteiger partial charge in [0.1, 0.15) is 11.3 Å². The molecule has 0 saturated heterocycles. The second-order valence-corrected chi connectivity index (χ2v) is 5.66. The van der Waals surface area contributed by atoms with E-state index in [0.29, 0.717) is 6.07 Å². The second-order valence-electron chi connectivity index (χ2n) is 5.25. The first-order chi connectivity index (χ1) is 13.4. The van der Waals surface area contributed by atoms with E-state index in [9.17, 15) is 37.3 Å². The SMILES string of the molecule is COC(=O)NC(=O)c1cc(Oc2c(F)cc(C(F)(F)F)cc2Cl)ccc1[N+](=O)[O-]. The van der Waals surface area contributed by atoms with Crippen LogP contribution in [0.2, 0.25) is 5.02 Å². The third-order valence-corrected chi connectivity index (χ3v) is 3.64. The van der Waals surface area contributed by atoms with Gasteiger partial charge in [-0.05, 0) is 18.2 Å². The van der Waals surface area contributed by atoms with Gasteiger partial charge in [-0.3, -0.25) is 20.2 Å². The first kappa shape index (κ1) is 21.9. The molecule has 0 aliphatic rings. The molecular formula is C16H9ClF4N2O6. The maximum atomic E-state index is 14.1. The quantitative estimate of drug-likeness (QED) is 0.423. The highest BCUT2D eigenvalue weighted by Gasteiger charge is 2.33. The van der Waals surface area contributed by atoms with Crippen molar-refractivity contribution in [1.82, 2.24) is 5.32 Å². The average Bonchev–Trinajstić information content (AvgIpc) is 2.63. The Morgan fingerprint density at radius 3 is 2.38 bits per heavy atom. The monoisotopic (exact) mass is 436 g/mol. The van der Waals surface area contributed by atoms with Crippen molar-refractivity contribution in [2.24, 2.45) is 0 Å². The van der Waals surface area contributed by atoms with Crippen LogP contribution in [0.25, 0.3) is 0 Å². The van der Waals surface area contributed by atoms with Gasteiger partial charge in [-0.1, -0.05) is 11.6 Å². The van der Waals surface area contributed by atoms with E-state index < -0.39 is 56.5 Å². The zero-order chi connectivity index (χ0) is 21.9. The molecule has 29 heavy (non-hydrogen) atoms. The van der Waals surface area contributed by atoms with Gasteiger partial charge in [-0.2, -0.15) is 13.2 Å². The lowest BCUT2D eigenvalue weighted by molar-refractivity contribution is -0.385. The van der Waals surface area contributed by atoms with Gasteiger partial charge in [0.2, 0.25) is 0 Å². The van der Waals surface area contributed by atoms with Crippen LogP contribution in [0.1, 0.15) is 15.9 Å². The van der Waals surface area contributed by atoms with Crippen molar-refractivity contribution in [2.45, 2.75) is 6.18 Å². The maximum Gasteiger partial charge on any atom is 0.416 e. The van der Waals surface area contributed by atoms with Crippen molar-refractivity contribution in [1.29, 1.82) is 0 Å². The van der Waals surface area contributed by atoms with E-state index in [1.165, 1.54) is 0 Å². The minimum atomic E-state index is -4.85. The molecule has 0 fully saturated rings. The number of imide groups is 1. The average molecular weight is 437 g/mol. The number of ether oxygens (including phenoxy) is 2. The number of alkyl halides is 3. The van der Waals surface area contributed by atoms with E-state index in [1.807, 2.05) is 0 Å². The molecule has 0 aromatic heterocycles. The summed E-state index contributed by atoms with van der Waals surface area (Å²) in [6.07, 6.45) is -6.05. The molecule has 2 amide bonds. The second kappa shape index (κ2) is 8.31. The summed E-state index contributed by atoms with van der Waals surface area (Å²) in [5, 5.41) is 12.0. The highest BCUT2D eigenvalue weighted by Crippen LogP contribution is 2.39. The molecule has 8 nitrogen and oxygen atoms in total. The Labute approximate surface area is 164 Å². The number of benzene rings is 2. The van der Waals surface area contributed by atoms with Gasteiger partial charge in [0.15, 0.2) is 11.6 Å². The molecule has 1 N–H and O–H groups in total. The lowest BCUT2D eigenvalue weighted by Crippen LogP contribution is -2.30. The van der Waals surface area contributed by atoms with Gasteiger partial charge >= 0.3 is 12.3 Å². The zero-order valence-corrected chi connectivity index (χ0v) is 14.9. The minimum absolute atomic E-state index is 0.150. The number of rotatable bonds is 4. The topological polar surface area (TPSA) is 108 Å². The summed E-state index contributed by atoms with van der Waals surface area (Å²) in [4.78, 5) is 33.3. The van der Waals surface area contributed by atoms with E-state index >= 15 is 0 Å². The van der Waals surface area contributed by atoms with Crippen molar-refractivity contribution in [3.63, 3.8) is 0 Å². The van der Waals surface area contributed by atoms with Crippen LogP contribution in [0, 0.1) is 15.9 Å². The number of halogens is 5. The first-order valence-corrected chi connectivity index (χ1v) is 7.73. The van der Waals surface area contributed by atoms with Crippen LogP contribution in [0.3, 0.4) is 0 Å². The van der Waals surface area contributed by atoms with Crippen molar-refractivity contribution < 1.29 is 41.5 Å². The van der Waals surface area contributed by atoms with Gasteiger partial charge in [0.25, 0.3) is 11.6 Å². The van der Waals surface area contributed by atoms with Crippen LogP contribution in [0.4, 0.5) is 28.0 Å². The molecule has 0 spiro atoms. The molecule has 2 rings (SSSR count). The van der Waals surface area contributed by atoms with Crippen LogP contribution < -0.4 is 10.1 Å². The number of carbonyl (C=O) groups excluding carboxylic acids is 2. The number of hydrogen-bond donors (Lipinski definition) is 1. The smallest absolute Gasteiger partial charge is 0.416 e. The fourth-order valence-corrected chi connectivity index (χ4v) is 2.32. The number of alkyl carbamates (subject to hydrolysis) is 1. The van der Waals surface area contributed by atoms with E-state index in [2.05, 4.69) is 4.74 Å². The molecule has 2 aromatic carbocycles. The third-order valence-electron chi connectivity index (χ3n) is 3.36. The normalized spacial score (nSPS) is 11.0. The summed E-state index contributed by atoms with van der Waals surface area (Å²) in [7, 11) is 0.950. The highest BCUT2D eigenvalue weighted by molar-refractivity contribution is 6.32. The summed E-state index contributed by atoms with van der Waals surface area (Å²) < 4.78 is 61.4. The zero-order valence-electron chi connectivity index (χ0n) is 14.2. The van der Waals surface area contributed by atoms with E-state index in [1.54, 1.807) is 5.32 Å². The van der Waals surface area contributed by atoms with Gasteiger partial charge in [0.05, 0.1) is 22.6 Å². The largest absolute Gasteiger partial charge is 0.453 e. The molecule has 2 aromatic rings. The molecule has 0 bridgehead atoms. The van der Waals surface area contributed by atoms with Crippen LogP contribution in [-0.4, -0.2) is 24.0 Å². The Balaban J connectivity index is 2.44. The number of methoxy groups -OCH3 is 1. The van der Waals surface area contributed by atoms with Crippen LogP contribution in [0.15, 0.2) is 30.3 Å². The Hall–Kier alpha value is -3.41. The number of hydrogen-bond acceptors (Lipinski definition) is 6. The molecule has 0 saturated carbocycles. The summed E-state index contributed by atoms with van der Waals surface area (Å²) in [5.74, 6) is -3.85. The predicted molar refractivity (Wildman–Crippen MR) is 89.5 cm³/mol. The fraction of sp³-hybridized carbons (Fsp3) is 0.125. The molecule has 0 aliphatic carbocycles. The lowest BCUT2D eigenvalue weighted by Gasteiger charge is -2.13. The van der Waals surface area contributed by atoms with Crippen molar-refractivity contribution in [2.75, 3.05) is 7.11 Å².